The molecule has 3 heterocycles. The smallest absolute Gasteiger partial charge is 0.264 e. The number of fused-ring (bicyclic) bond motifs is 1. The second-order valence-electron chi connectivity index (χ2n) is 7.22. The average Bonchev–Trinajstić information content (AvgIpc) is 3.12. The molecule has 27 heavy (non-hydrogen) atoms. The first-order valence-corrected chi connectivity index (χ1v) is 9.26. The molecule has 1 fully saturated rings. The van der Waals surface area contributed by atoms with Crippen LogP contribution in [0.2, 0.25) is 0 Å². The first-order chi connectivity index (χ1) is 13.0. The number of carbonyl (C=O) groups is 2. The Morgan fingerprint density at radius 1 is 1.15 bits per heavy atom. The van der Waals surface area contributed by atoms with Gasteiger partial charge in [0.15, 0.2) is 11.9 Å². The summed E-state index contributed by atoms with van der Waals surface area (Å²) in [5.74, 6) is 0.583. The van der Waals surface area contributed by atoms with Crippen molar-refractivity contribution in [1.82, 2.24) is 14.8 Å². The van der Waals surface area contributed by atoms with Gasteiger partial charge in [0.25, 0.3) is 5.91 Å². The Labute approximate surface area is 158 Å². The second-order valence-corrected chi connectivity index (χ2v) is 7.22. The van der Waals surface area contributed by atoms with Crippen LogP contribution in [0.3, 0.4) is 0 Å². The Bertz CT molecular complexity index is 888. The number of benzene rings is 1. The van der Waals surface area contributed by atoms with Crippen molar-refractivity contribution in [2.24, 2.45) is 0 Å². The van der Waals surface area contributed by atoms with Crippen LogP contribution in [-0.2, 0) is 11.2 Å². The first kappa shape index (κ1) is 17.7. The SMILES string of the molecule is CC(=O)c1cccc(-c2ccnc3c2CC(C(=O)N2CCN(C)CC2)O3)c1. The van der Waals surface area contributed by atoms with Crippen LogP contribution >= 0.6 is 0 Å². The topological polar surface area (TPSA) is 62.7 Å². The van der Waals surface area contributed by atoms with E-state index in [0.29, 0.717) is 17.9 Å². The molecule has 6 heteroatoms. The predicted octanol–water partition coefficient (Wildman–Crippen LogP) is 2.03. The van der Waals surface area contributed by atoms with E-state index < -0.39 is 6.10 Å². The minimum absolute atomic E-state index is 0.0296. The van der Waals surface area contributed by atoms with Gasteiger partial charge in [0.2, 0.25) is 5.88 Å². The highest BCUT2D eigenvalue weighted by Gasteiger charge is 2.35. The van der Waals surface area contributed by atoms with Gasteiger partial charge < -0.3 is 14.5 Å². The molecule has 0 bridgehead atoms. The third-order valence-electron chi connectivity index (χ3n) is 5.33. The number of carbonyl (C=O) groups excluding carboxylic acids is 2. The summed E-state index contributed by atoms with van der Waals surface area (Å²) in [5, 5.41) is 0. The van der Waals surface area contributed by atoms with E-state index in [1.54, 1.807) is 13.1 Å². The van der Waals surface area contributed by atoms with E-state index in [9.17, 15) is 9.59 Å². The van der Waals surface area contributed by atoms with E-state index in [0.717, 1.165) is 42.9 Å². The van der Waals surface area contributed by atoms with Crippen LogP contribution in [0.15, 0.2) is 36.5 Å². The van der Waals surface area contributed by atoms with Crippen LogP contribution in [0.5, 0.6) is 5.88 Å². The number of pyridine rings is 1. The summed E-state index contributed by atoms with van der Waals surface area (Å²) in [6.45, 7) is 4.78. The molecule has 2 aliphatic rings. The minimum atomic E-state index is -0.520. The Morgan fingerprint density at radius 2 is 1.93 bits per heavy atom. The lowest BCUT2D eigenvalue weighted by atomic mass is 9.96. The van der Waals surface area contributed by atoms with Crippen LogP contribution < -0.4 is 4.74 Å². The fraction of sp³-hybridized carbons (Fsp3) is 0.381. The molecule has 4 rings (SSSR count). The largest absolute Gasteiger partial charge is 0.464 e. The van der Waals surface area contributed by atoms with Crippen LogP contribution in [-0.4, -0.2) is 65.8 Å². The summed E-state index contributed by atoms with van der Waals surface area (Å²) >= 11 is 0. The van der Waals surface area contributed by atoms with Crippen molar-refractivity contribution in [3.05, 3.63) is 47.7 Å². The number of amides is 1. The number of hydrogen-bond acceptors (Lipinski definition) is 5. The lowest BCUT2D eigenvalue weighted by molar-refractivity contribution is -0.139. The molecule has 0 N–H and O–H groups in total. The zero-order chi connectivity index (χ0) is 19.0. The van der Waals surface area contributed by atoms with Gasteiger partial charge in [0.05, 0.1) is 0 Å². The molecule has 140 valence electrons. The molecule has 1 atom stereocenters. The van der Waals surface area contributed by atoms with E-state index in [2.05, 4.69) is 16.9 Å². The van der Waals surface area contributed by atoms with Gasteiger partial charge in [-0.3, -0.25) is 9.59 Å². The molecule has 2 aliphatic heterocycles. The molecule has 0 saturated carbocycles. The van der Waals surface area contributed by atoms with Crippen molar-refractivity contribution in [3.63, 3.8) is 0 Å². The Hall–Kier alpha value is -2.73. The molecule has 0 aliphatic carbocycles. The number of likely N-dealkylation sites (N-methyl/N-ethyl adjacent to an activating group) is 1. The standard InChI is InChI=1S/C21H23N3O3/c1-14(25)15-4-3-5-16(12-15)17-6-7-22-20-18(17)13-19(27-20)21(26)24-10-8-23(2)9-11-24/h3-7,12,19H,8-11,13H2,1-2H3. The number of hydrogen-bond donors (Lipinski definition) is 0. The molecule has 6 nitrogen and oxygen atoms in total. The monoisotopic (exact) mass is 365 g/mol. The third-order valence-corrected chi connectivity index (χ3v) is 5.33. The van der Waals surface area contributed by atoms with Gasteiger partial charge in [-0.2, -0.15) is 0 Å². The predicted molar refractivity (Wildman–Crippen MR) is 102 cm³/mol. The van der Waals surface area contributed by atoms with Gasteiger partial charge in [-0.05, 0) is 37.2 Å². The van der Waals surface area contributed by atoms with Crippen LogP contribution in [0.25, 0.3) is 11.1 Å². The molecular weight excluding hydrogens is 342 g/mol. The maximum Gasteiger partial charge on any atom is 0.264 e. The summed E-state index contributed by atoms with van der Waals surface area (Å²) in [5.41, 5.74) is 3.52. The van der Waals surface area contributed by atoms with Gasteiger partial charge in [-0.15, -0.1) is 0 Å². The summed E-state index contributed by atoms with van der Waals surface area (Å²) in [6.07, 6.45) is 1.68. The molecule has 0 spiro atoms. The van der Waals surface area contributed by atoms with Gasteiger partial charge >= 0.3 is 0 Å². The zero-order valence-corrected chi connectivity index (χ0v) is 15.6. The van der Waals surface area contributed by atoms with Crippen molar-refractivity contribution < 1.29 is 14.3 Å². The Kier molecular flexibility index (Phi) is 4.66. The average molecular weight is 365 g/mol. The highest BCUT2D eigenvalue weighted by atomic mass is 16.5. The van der Waals surface area contributed by atoms with Crippen LogP contribution in [0.1, 0.15) is 22.8 Å². The van der Waals surface area contributed by atoms with E-state index in [1.165, 1.54) is 0 Å². The Balaban J connectivity index is 1.58. The van der Waals surface area contributed by atoms with Crippen LogP contribution in [0, 0.1) is 0 Å². The summed E-state index contributed by atoms with van der Waals surface area (Å²) < 4.78 is 5.91. The quantitative estimate of drug-likeness (QED) is 0.779. The summed E-state index contributed by atoms with van der Waals surface area (Å²) in [4.78, 5) is 33.0. The number of rotatable bonds is 3. The van der Waals surface area contributed by atoms with Gasteiger partial charge in [-0.1, -0.05) is 18.2 Å². The zero-order valence-electron chi connectivity index (χ0n) is 15.6. The highest BCUT2D eigenvalue weighted by Crippen LogP contribution is 2.36. The lowest BCUT2D eigenvalue weighted by Gasteiger charge is -2.33. The minimum Gasteiger partial charge on any atom is -0.464 e. The summed E-state index contributed by atoms with van der Waals surface area (Å²) in [6, 6.07) is 9.46. The van der Waals surface area contributed by atoms with E-state index in [1.807, 2.05) is 35.2 Å². The van der Waals surface area contributed by atoms with Crippen molar-refractivity contribution >= 4 is 11.7 Å². The highest BCUT2D eigenvalue weighted by molar-refractivity contribution is 5.95. The number of aromatic nitrogens is 1. The molecule has 1 aromatic carbocycles. The Morgan fingerprint density at radius 3 is 2.67 bits per heavy atom. The number of nitrogens with zero attached hydrogens (tertiary/aromatic N) is 3. The lowest BCUT2D eigenvalue weighted by Crippen LogP contribution is -2.51. The number of ketones is 1. The van der Waals surface area contributed by atoms with E-state index >= 15 is 0 Å². The third kappa shape index (κ3) is 3.45. The molecule has 1 unspecified atom stereocenters. The maximum absolute atomic E-state index is 12.9. The van der Waals surface area contributed by atoms with Crippen LogP contribution in [0.4, 0.5) is 0 Å². The molecule has 1 amide bonds. The number of ether oxygens (including phenoxy) is 1. The van der Waals surface area contributed by atoms with Gasteiger partial charge in [0.1, 0.15) is 0 Å². The molecule has 1 saturated heterocycles. The molecular formula is C21H23N3O3. The van der Waals surface area contributed by atoms with Crippen molar-refractivity contribution in [3.8, 4) is 17.0 Å². The van der Waals surface area contributed by atoms with Crippen molar-refractivity contribution in [2.75, 3.05) is 33.2 Å². The van der Waals surface area contributed by atoms with Gasteiger partial charge in [0, 0.05) is 49.9 Å². The van der Waals surface area contributed by atoms with Crippen molar-refractivity contribution in [1.29, 1.82) is 0 Å². The summed E-state index contributed by atoms with van der Waals surface area (Å²) in [7, 11) is 2.06. The molecule has 2 aromatic rings. The van der Waals surface area contributed by atoms with Crippen molar-refractivity contribution in [2.45, 2.75) is 19.4 Å². The van der Waals surface area contributed by atoms with E-state index in [-0.39, 0.29) is 11.7 Å². The number of Topliss-reactive ketones (excluding diaryl/α,β-unsaturated/α-hetero) is 1. The van der Waals surface area contributed by atoms with E-state index in [4.69, 9.17) is 4.74 Å². The first-order valence-electron chi connectivity index (χ1n) is 9.26. The second kappa shape index (κ2) is 7.12. The fourth-order valence-electron chi connectivity index (χ4n) is 3.68. The normalized spacial score (nSPS) is 19.5. The molecule has 0 radical (unpaired) electrons. The fourth-order valence-corrected chi connectivity index (χ4v) is 3.68. The maximum atomic E-state index is 12.9. The van der Waals surface area contributed by atoms with Gasteiger partial charge in [-0.25, -0.2) is 4.98 Å². The molecule has 1 aromatic heterocycles. The number of piperazine rings is 1.